The van der Waals surface area contributed by atoms with E-state index in [-0.39, 0.29) is 22.8 Å². The summed E-state index contributed by atoms with van der Waals surface area (Å²) in [6.45, 7) is 7.06. The summed E-state index contributed by atoms with van der Waals surface area (Å²) >= 11 is 0. The van der Waals surface area contributed by atoms with E-state index in [4.69, 9.17) is 9.47 Å². The Morgan fingerprint density at radius 1 is 1.21 bits per heavy atom. The van der Waals surface area contributed by atoms with Gasteiger partial charge in [0.25, 0.3) is 5.91 Å². The van der Waals surface area contributed by atoms with Gasteiger partial charge in [0.2, 0.25) is 5.88 Å². The summed E-state index contributed by atoms with van der Waals surface area (Å²) in [5.41, 5.74) is -0.163. The van der Waals surface area contributed by atoms with Crippen LogP contribution in [-0.2, 0) is 20.0 Å². The van der Waals surface area contributed by atoms with Crippen molar-refractivity contribution < 1.29 is 22.7 Å². The third-order valence-electron chi connectivity index (χ3n) is 5.23. The van der Waals surface area contributed by atoms with Gasteiger partial charge in [0.15, 0.2) is 9.84 Å². The Balaban J connectivity index is 1.93. The van der Waals surface area contributed by atoms with Crippen molar-refractivity contribution in [3.63, 3.8) is 0 Å². The molecule has 1 fully saturated rings. The topological polar surface area (TPSA) is 107 Å². The van der Waals surface area contributed by atoms with Crippen molar-refractivity contribution in [1.82, 2.24) is 15.3 Å². The van der Waals surface area contributed by atoms with Gasteiger partial charge in [-0.15, -0.1) is 0 Å². The molecule has 0 unspecified atom stereocenters. The van der Waals surface area contributed by atoms with Crippen LogP contribution >= 0.6 is 0 Å². The summed E-state index contributed by atoms with van der Waals surface area (Å²) in [7, 11) is -3.34. The minimum Gasteiger partial charge on any atom is -0.438 e. The van der Waals surface area contributed by atoms with Crippen LogP contribution in [-0.4, -0.2) is 49.8 Å². The lowest BCUT2D eigenvalue weighted by Gasteiger charge is -2.29. The number of nitrogens with zero attached hydrogens (tertiary/aromatic N) is 2. The van der Waals surface area contributed by atoms with E-state index in [1.54, 1.807) is 12.1 Å². The molecular formula is C24H31N3O5S. The molecule has 1 amide bonds. The first-order valence-corrected chi connectivity index (χ1v) is 12.9. The van der Waals surface area contributed by atoms with Crippen molar-refractivity contribution in [2.45, 2.75) is 45.1 Å². The number of amides is 1. The Morgan fingerprint density at radius 2 is 1.88 bits per heavy atom. The van der Waals surface area contributed by atoms with Gasteiger partial charge in [-0.25, -0.2) is 13.4 Å². The summed E-state index contributed by atoms with van der Waals surface area (Å²) in [5.74, 6) is 0.854. The highest BCUT2D eigenvalue weighted by Crippen LogP contribution is 2.27. The lowest BCUT2D eigenvalue weighted by molar-refractivity contribution is 0.0569. The largest absolute Gasteiger partial charge is 0.438 e. The minimum atomic E-state index is -3.34. The summed E-state index contributed by atoms with van der Waals surface area (Å²) in [6.07, 6.45) is 5.54. The molecule has 2 aromatic rings. The number of carbonyl (C=O) groups is 1. The van der Waals surface area contributed by atoms with Gasteiger partial charge in [-0.3, -0.25) is 4.79 Å². The van der Waals surface area contributed by atoms with Crippen molar-refractivity contribution in [1.29, 1.82) is 0 Å². The molecule has 9 heteroatoms. The van der Waals surface area contributed by atoms with Gasteiger partial charge in [-0.2, -0.15) is 4.98 Å². The fourth-order valence-electron chi connectivity index (χ4n) is 3.42. The van der Waals surface area contributed by atoms with Gasteiger partial charge >= 0.3 is 0 Å². The SMILES string of the molecule is CC(C)(C)c1ncc(C(=O)N[C@H](/C=C/S(C)(=O)=O)C2CCOCC2)c(Oc2ccccc2)n1. The molecule has 1 aromatic carbocycles. The average Bonchev–Trinajstić information content (AvgIpc) is 2.76. The zero-order valence-corrected chi connectivity index (χ0v) is 20.3. The lowest BCUT2D eigenvalue weighted by atomic mass is 9.91. The molecule has 1 N–H and O–H groups in total. The quantitative estimate of drug-likeness (QED) is 0.654. The van der Waals surface area contributed by atoms with E-state index < -0.39 is 21.8 Å². The molecular weight excluding hydrogens is 442 g/mol. The molecule has 1 aromatic heterocycles. The van der Waals surface area contributed by atoms with E-state index in [1.165, 1.54) is 12.3 Å². The number of hydrogen-bond acceptors (Lipinski definition) is 7. The number of aromatic nitrogens is 2. The third kappa shape index (κ3) is 7.36. The van der Waals surface area contributed by atoms with Gasteiger partial charge in [0, 0.05) is 36.5 Å². The highest BCUT2D eigenvalue weighted by Gasteiger charge is 2.27. The number of hydrogen-bond donors (Lipinski definition) is 1. The fraction of sp³-hybridized carbons (Fsp3) is 0.458. The van der Waals surface area contributed by atoms with Gasteiger partial charge in [0.1, 0.15) is 17.1 Å². The maximum absolute atomic E-state index is 13.3. The molecule has 0 aliphatic carbocycles. The highest BCUT2D eigenvalue weighted by molar-refractivity contribution is 7.93. The van der Waals surface area contributed by atoms with Crippen LogP contribution < -0.4 is 10.1 Å². The first-order valence-electron chi connectivity index (χ1n) is 10.9. The number of ether oxygens (including phenoxy) is 2. The zero-order chi connectivity index (χ0) is 24.1. The van der Waals surface area contributed by atoms with Crippen LogP contribution in [0, 0.1) is 5.92 Å². The van der Waals surface area contributed by atoms with E-state index in [1.807, 2.05) is 39.0 Å². The van der Waals surface area contributed by atoms with Crippen LogP contribution in [0.25, 0.3) is 0 Å². The molecule has 1 atom stereocenters. The van der Waals surface area contributed by atoms with Crippen LogP contribution in [0.2, 0.25) is 0 Å². The molecule has 0 saturated carbocycles. The van der Waals surface area contributed by atoms with E-state index in [0.29, 0.717) is 37.6 Å². The molecule has 0 bridgehead atoms. The number of benzene rings is 1. The fourth-order valence-corrected chi connectivity index (χ4v) is 3.87. The van der Waals surface area contributed by atoms with Crippen molar-refractivity contribution in [3.8, 4) is 11.6 Å². The Hall–Kier alpha value is -2.78. The Kier molecular flexibility index (Phi) is 7.86. The molecule has 8 nitrogen and oxygen atoms in total. The van der Waals surface area contributed by atoms with Crippen molar-refractivity contribution >= 4 is 15.7 Å². The highest BCUT2D eigenvalue weighted by atomic mass is 32.2. The van der Waals surface area contributed by atoms with Crippen molar-refractivity contribution in [2.75, 3.05) is 19.5 Å². The first kappa shape index (κ1) is 24.9. The molecule has 33 heavy (non-hydrogen) atoms. The molecule has 3 rings (SSSR count). The van der Waals surface area contributed by atoms with Crippen LogP contribution in [0.3, 0.4) is 0 Å². The summed E-state index contributed by atoms with van der Waals surface area (Å²) in [4.78, 5) is 22.2. The second-order valence-electron chi connectivity index (χ2n) is 9.18. The number of nitrogens with one attached hydrogen (secondary N) is 1. The van der Waals surface area contributed by atoms with E-state index in [2.05, 4.69) is 15.3 Å². The molecule has 178 valence electrons. The van der Waals surface area contributed by atoms with E-state index in [0.717, 1.165) is 11.7 Å². The smallest absolute Gasteiger partial charge is 0.258 e. The Labute approximate surface area is 195 Å². The maximum Gasteiger partial charge on any atom is 0.258 e. The number of carbonyl (C=O) groups excluding carboxylic acids is 1. The average molecular weight is 474 g/mol. The summed E-state index contributed by atoms with van der Waals surface area (Å²) < 4.78 is 34.8. The maximum atomic E-state index is 13.3. The summed E-state index contributed by atoms with van der Waals surface area (Å²) in [6, 6.07) is 8.60. The minimum absolute atomic E-state index is 0.0500. The number of para-hydroxylation sites is 1. The first-order chi connectivity index (χ1) is 15.5. The van der Waals surface area contributed by atoms with Crippen molar-refractivity contribution in [3.05, 3.63) is 59.4 Å². The Morgan fingerprint density at radius 3 is 2.48 bits per heavy atom. The van der Waals surface area contributed by atoms with Crippen LogP contribution in [0.1, 0.15) is 49.8 Å². The number of sulfone groups is 1. The standard InChI is InChI=1S/C24H31N3O5S/c1-24(2,3)23-25-16-19(22(27-23)32-18-8-6-5-7-9-18)21(28)26-20(12-15-33(4,29)30)17-10-13-31-14-11-17/h5-9,12,15-17,20H,10-11,13-14H2,1-4H3,(H,26,28)/b15-12+/t20-/m1/s1. The zero-order valence-electron chi connectivity index (χ0n) is 19.4. The second kappa shape index (κ2) is 10.4. The molecule has 0 radical (unpaired) electrons. The van der Waals surface area contributed by atoms with Gasteiger partial charge < -0.3 is 14.8 Å². The van der Waals surface area contributed by atoms with Crippen molar-refractivity contribution in [2.24, 2.45) is 5.92 Å². The normalized spacial score (nSPS) is 16.5. The van der Waals surface area contributed by atoms with Crippen LogP contribution in [0.15, 0.2) is 48.0 Å². The molecule has 1 saturated heterocycles. The summed E-state index contributed by atoms with van der Waals surface area (Å²) in [5, 5.41) is 4.09. The van der Waals surface area contributed by atoms with E-state index in [9.17, 15) is 13.2 Å². The lowest BCUT2D eigenvalue weighted by Crippen LogP contribution is -2.41. The molecule has 1 aliphatic rings. The monoisotopic (exact) mass is 473 g/mol. The molecule has 1 aliphatic heterocycles. The second-order valence-corrected chi connectivity index (χ2v) is 11.1. The van der Waals surface area contributed by atoms with Gasteiger partial charge in [-0.1, -0.05) is 45.0 Å². The number of rotatable bonds is 7. The molecule has 2 heterocycles. The van der Waals surface area contributed by atoms with Crippen LogP contribution in [0.5, 0.6) is 11.6 Å². The predicted octanol–water partition coefficient (Wildman–Crippen LogP) is 3.65. The van der Waals surface area contributed by atoms with Crippen LogP contribution in [0.4, 0.5) is 0 Å². The molecule has 0 spiro atoms. The van der Waals surface area contributed by atoms with E-state index >= 15 is 0 Å². The predicted molar refractivity (Wildman–Crippen MR) is 126 cm³/mol. The van der Waals surface area contributed by atoms with Gasteiger partial charge in [-0.05, 0) is 30.9 Å². The Bertz CT molecular complexity index is 1090. The van der Waals surface area contributed by atoms with Gasteiger partial charge in [0.05, 0.1) is 6.04 Å². The third-order valence-corrected chi connectivity index (χ3v) is 5.88.